The maximum Gasteiger partial charge on any atom is 0.0594 e. The Morgan fingerprint density at radius 1 is 0.581 bits per heavy atom. The Labute approximate surface area is 193 Å². The van der Waals surface area contributed by atoms with Gasteiger partial charge in [0.15, 0.2) is 0 Å². The molecular weight excluding hydrogens is 376 g/mol. The molecule has 6 unspecified atom stereocenters. The second-order valence-electron chi connectivity index (χ2n) is 15.7. The van der Waals surface area contributed by atoms with Gasteiger partial charge in [-0.1, -0.05) is 55.4 Å². The van der Waals surface area contributed by atoms with Gasteiger partial charge in [0.2, 0.25) is 0 Å². The predicted molar refractivity (Wildman–Crippen MR) is 131 cm³/mol. The molecule has 31 heavy (non-hydrogen) atoms. The van der Waals surface area contributed by atoms with E-state index in [1.807, 2.05) is 0 Å². The molecule has 0 saturated heterocycles. The van der Waals surface area contributed by atoms with Crippen LogP contribution in [0.5, 0.6) is 0 Å². The summed E-state index contributed by atoms with van der Waals surface area (Å²) < 4.78 is 0. The van der Waals surface area contributed by atoms with E-state index in [0.29, 0.717) is 33.0 Å². The van der Waals surface area contributed by atoms with Crippen LogP contribution in [0, 0.1) is 56.2 Å². The van der Waals surface area contributed by atoms with Crippen LogP contribution in [-0.4, -0.2) is 11.2 Å². The summed E-state index contributed by atoms with van der Waals surface area (Å²) in [5.41, 5.74) is 2.60. The molecule has 1 heteroatoms. The first-order chi connectivity index (χ1) is 14.2. The molecular formula is C30H52O. The third-order valence-electron chi connectivity index (χ3n) is 13.7. The topological polar surface area (TPSA) is 20.2 Å². The Kier molecular flexibility index (Phi) is 4.80. The van der Waals surface area contributed by atoms with Gasteiger partial charge in [-0.2, -0.15) is 0 Å². The van der Waals surface area contributed by atoms with E-state index in [1.54, 1.807) is 0 Å². The summed E-state index contributed by atoms with van der Waals surface area (Å²) in [6, 6.07) is 0. The molecule has 0 radical (unpaired) electrons. The lowest BCUT2D eigenvalue weighted by Crippen LogP contribution is -2.67. The smallest absolute Gasteiger partial charge is 0.0594 e. The SMILES string of the molecule is CC1(C)CC[C@]2(C)CC[C@]3(C)C(CCC4C5(C)CCC(O)C(C)(C)C5CC[C@]43C)C2C1. The summed E-state index contributed by atoms with van der Waals surface area (Å²) in [5, 5.41) is 10.9. The van der Waals surface area contributed by atoms with Crippen molar-refractivity contribution in [2.24, 2.45) is 56.2 Å². The minimum atomic E-state index is -0.110. The molecule has 0 aliphatic heterocycles. The zero-order valence-electron chi connectivity index (χ0n) is 22.1. The van der Waals surface area contributed by atoms with Gasteiger partial charge in [-0.15, -0.1) is 0 Å². The van der Waals surface area contributed by atoms with E-state index in [2.05, 4.69) is 55.4 Å². The standard InChI is InChI=1S/C30H52O/c1-25(2)15-16-27(5)17-18-29(7)20(21(27)19-25)9-10-23-28(6)13-12-24(31)26(3,4)22(28)11-14-30(23,29)8/h20-24,31H,9-19H2,1-8H3/t20?,21?,22?,23?,24?,27-,28?,29-,30-/m1/s1. The Morgan fingerprint density at radius 2 is 1.26 bits per heavy atom. The first kappa shape index (κ1) is 22.7. The Bertz CT molecular complexity index is 737. The molecule has 0 bridgehead atoms. The molecule has 5 aliphatic carbocycles. The van der Waals surface area contributed by atoms with Crippen molar-refractivity contribution in [1.82, 2.24) is 0 Å². The third-order valence-corrected chi connectivity index (χ3v) is 13.7. The van der Waals surface area contributed by atoms with E-state index in [0.717, 1.165) is 24.2 Å². The number of rotatable bonds is 0. The number of fused-ring (bicyclic) bond motifs is 7. The van der Waals surface area contributed by atoms with Crippen LogP contribution in [0.1, 0.15) is 126 Å². The molecule has 5 aliphatic rings. The van der Waals surface area contributed by atoms with Gasteiger partial charge < -0.3 is 5.11 Å². The molecule has 0 amide bonds. The highest BCUT2D eigenvalue weighted by Gasteiger charge is 2.69. The van der Waals surface area contributed by atoms with E-state index in [1.165, 1.54) is 64.2 Å². The van der Waals surface area contributed by atoms with Crippen LogP contribution in [0.25, 0.3) is 0 Å². The average molecular weight is 429 g/mol. The quantitative estimate of drug-likeness (QED) is 0.412. The van der Waals surface area contributed by atoms with E-state index < -0.39 is 0 Å². The molecule has 178 valence electrons. The maximum atomic E-state index is 10.9. The summed E-state index contributed by atoms with van der Waals surface area (Å²) in [6.45, 7) is 20.7. The Balaban J connectivity index is 1.52. The summed E-state index contributed by atoms with van der Waals surface area (Å²) >= 11 is 0. The van der Waals surface area contributed by atoms with Gasteiger partial charge >= 0.3 is 0 Å². The van der Waals surface area contributed by atoms with Crippen LogP contribution < -0.4 is 0 Å². The fraction of sp³-hybridized carbons (Fsp3) is 1.00. The molecule has 5 fully saturated rings. The van der Waals surface area contributed by atoms with Crippen LogP contribution in [0.15, 0.2) is 0 Å². The highest BCUT2D eigenvalue weighted by molar-refractivity contribution is 5.18. The van der Waals surface area contributed by atoms with Crippen molar-refractivity contribution in [2.45, 2.75) is 132 Å². The van der Waals surface area contributed by atoms with Crippen molar-refractivity contribution >= 4 is 0 Å². The third kappa shape index (κ3) is 2.83. The molecule has 1 N–H and O–H groups in total. The van der Waals surface area contributed by atoms with Crippen molar-refractivity contribution in [1.29, 1.82) is 0 Å². The highest BCUT2D eigenvalue weighted by Crippen LogP contribution is 2.76. The largest absolute Gasteiger partial charge is 0.393 e. The fourth-order valence-electron chi connectivity index (χ4n) is 11.3. The second-order valence-corrected chi connectivity index (χ2v) is 15.7. The Morgan fingerprint density at radius 3 is 1.97 bits per heavy atom. The molecule has 0 aromatic heterocycles. The monoisotopic (exact) mass is 428 g/mol. The van der Waals surface area contributed by atoms with Crippen molar-refractivity contribution in [3.05, 3.63) is 0 Å². The van der Waals surface area contributed by atoms with Gasteiger partial charge in [0, 0.05) is 0 Å². The summed E-state index contributed by atoms with van der Waals surface area (Å²) in [4.78, 5) is 0. The first-order valence-electron chi connectivity index (χ1n) is 13.9. The average Bonchev–Trinajstić information content (AvgIpc) is 2.67. The maximum absolute atomic E-state index is 10.9. The number of hydrogen-bond donors (Lipinski definition) is 1. The lowest BCUT2D eigenvalue weighted by Gasteiger charge is -2.73. The number of hydrogen-bond acceptors (Lipinski definition) is 1. The minimum Gasteiger partial charge on any atom is -0.393 e. The van der Waals surface area contributed by atoms with Gasteiger partial charge in [0.05, 0.1) is 6.10 Å². The fourth-order valence-corrected chi connectivity index (χ4v) is 11.3. The molecule has 1 nitrogen and oxygen atoms in total. The number of aliphatic hydroxyl groups excluding tert-OH is 1. The molecule has 5 rings (SSSR count). The summed E-state index contributed by atoms with van der Waals surface area (Å²) in [5.74, 6) is 3.38. The second kappa shape index (κ2) is 6.55. The zero-order valence-corrected chi connectivity index (χ0v) is 22.1. The van der Waals surface area contributed by atoms with Gasteiger partial charge in [-0.05, 0) is 127 Å². The van der Waals surface area contributed by atoms with Crippen LogP contribution in [0.3, 0.4) is 0 Å². The lowest BCUT2D eigenvalue weighted by atomic mass is 9.31. The summed E-state index contributed by atoms with van der Waals surface area (Å²) in [6.07, 6.45) is 15.1. The molecule has 0 aromatic rings. The normalized spacial score (nSPS) is 57.8. The lowest BCUT2D eigenvalue weighted by molar-refractivity contribution is -0.253. The highest BCUT2D eigenvalue weighted by atomic mass is 16.3. The van der Waals surface area contributed by atoms with Crippen molar-refractivity contribution in [3.63, 3.8) is 0 Å². The minimum absolute atomic E-state index is 0.0740. The first-order valence-corrected chi connectivity index (χ1v) is 13.9. The zero-order chi connectivity index (χ0) is 22.7. The van der Waals surface area contributed by atoms with E-state index in [4.69, 9.17) is 0 Å². The van der Waals surface area contributed by atoms with Gasteiger partial charge in [-0.25, -0.2) is 0 Å². The van der Waals surface area contributed by atoms with E-state index in [9.17, 15) is 5.11 Å². The van der Waals surface area contributed by atoms with E-state index >= 15 is 0 Å². The van der Waals surface area contributed by atoms with E-state index in [-0.39, 0.29) is 11.5 Å². The van der Waals surface area contributed by atoms with Crippen LogP contribution >= 0.6 is 0 Å². The summed E-state index contributed by atoms with van der Waals surface area (Å²) in [7, 11) is 0. The molecule has 0 heterocycles. The van der Waals surface area contributed by atoms with Crippen molar-refractivity contribution in [2.75, 3.05) is 0 Å². The van der Waals surface area contributed by atoms with Gasteiger partial charge in [0.25, 0.3) is 0 Å². The number of aliphatic hydroxyl groups is 1. The van der Waals surface area contributed by atoms with Crippen molar-refractivity contribution < 1.29 is 5.11 Å². The molecule has 0 aromatic carbocycles. The predicted octanol–water partition coefficient (Wildman–Crippen LogP) is 8.25. The molecule has 0 spiro atoms. The van der Waals surface area contributed by atoms with Crippen LogP contribution in [0.4, 0.5) is 0 Å². The van der Waals surface area contributed by atoms with Crippen LogP contribution in [-0.2, 0) is 0 Å². The van der Waals surface area contributed by atoms with Crippen LogP contribution in [0.2, 0.25) is 0 Å². The van der Waals surface area contributed by atoms with Gasteiger partial charge in [0.1, 0.15) is 0 Å². The Hall–Kier alpha value is -0.0400. The van der Waals surface area contributed by atoms with Crippen molar-refractivity contribution in [3.8, 4) is 0 Å². The molecule has 5 saturated carbocycles. The molecule has 9 atom stereocenters. The van der Waals surface area contributed by atoms with Gasteiger partial charge in [-0.3, -0.25) is 0 Å².